The van der Waals surface area contributed by atoms with Crippen molar-refractivity contribution in [2.75, 3.05) is 18.0 Å². The number of aromatic nitrogens is 1. The summed E-state index contributed by atoms with van der Waals surface area (Å²) in [6.45, 7) is 3.76. The molecule has 0 amide bonds. The maximum Gasteiger partial charge on any atom is 0.311 e. The lowest BCUT2D eigenvalue weighted by Crippen LogP contribution is -2.50. The van der Waals surface area contributed by atoms with Gasteiger partial charge in [0, 0.05) is 30.9 Å². The normalized spacial score (nSPS) is 26.0. The Bertz CT molecular complexity index is 528. The van der Waals surface area contributed by atoms with Crippen LogP contribution in [0, 0.1) is 17.0 Å². The molecule has 21 heavy (non-hydrogen) atoms. The first-order chi connectivity index (χ1) is 10.2. The minimum atomic E-state index is -0.303. The molecule has 0 radical (unpaired) electrons. The fraction of sp³-hybridized carbons (Fsp3) is 0.667. The SMILES string of the molecule is Cc1cnc(N2CCCCC2C2CCCN2)c([N+](=O)[O-])c1. The van der Waals surface area contributed by atoms with Gasteiger partial charge in [0.25, 0.3) is 0 Å². The molecule has 6 heteroatoms. The molecule has 0 aliphatic carbocycles. The summed E-state index contributed by atoms with van der Waals surface area (Å²) in [5, 5.41) is 14.9. The number of anilines is 1. The number of pyridine rings is 1. The van der Waals surface area contributed by atoms with E-state index in [2.05, 4.69) is 15.2 Å². The number of aryl methyl sites for hydroxylation is 1. The topological polar surface area (TPSA) is 71.3 Å². The Morgan fingerprint density at radius 3 is 2.95 bits per heavy atom. The second-order valence-corrected chi connectivity index (χ2v) is 6.07. The van der Waals surface area contributed by atoms with Crippen LogP contribution in [0.3, 0.4) is 0 Å². The van der Waals surface area contributed by atoms with Crippen LogP contribution < -0.4 is 10.2 Å². The van der Waals surface area contributed by atoms with Crippen LogP contribution in [-0.4, -0.2) is 35.1 Å². The molecule has 2 atom stereocenters. The van der Waals surface area contributed by atoms with Crippen LogP contribution in [0.2, 0.25) is 0 Å². The van der Waals surface area contributed by atoms with Crippen LogP contribution >= 0.6 is 0 Å². The first kappa shape index (κ1) is 14.3. The fourth-order valence-corrected chi connectivity index (χ4v) is 3.58. The van der Waals surface area contributed by atoms with Gasteiger partial charge in [-0.05, 0) is 51.1 Å². The summed E-state index contributed by atoms with van der Waals surface area (Å²) >= 11 is 0. The predicted molar refractivity (Wildman–Crippen MR) is 81.6 cm³/mol. The summed E-state index contributed by atoms with van der Waals surface area (Å²) in [6, 6.07) is 2.40. The second-order valence-electron chi connectivity index (χ2n) is 6.07. The average molecular weight is 290 g/mol. The summed E-state index contributed by atoms with van der Waals surface area (Å²) in [4.78, 5) is 17.6. The van der Waals surface area contributed by atoms with Gasteiger partial charge in [0.1, 0.15) is 0 Å². The molecule has 114 valence electrons. The molecule has 2 aliphatic heterocycles. The van der Waals surface area contributed by atoms with E-state index in [-0.39, 0.29) is 10.6 Å². The summed E-state index contributed by atoms with van der Waals surface area (Å²) in [5.41, 5.74) is 0.970. The molecule has 6 nitrogen and oxygen atoms in total. The van der Waals surface area contributed by atoms with Gasteiger partial charge in [-0.2, -0.15) is 0 Å². The van der Waals surface area contributed by atoms with Crippen molar-refractivity contribution in [1.29, 1.82) is 0 Å². The van der Waals surface area contributed by atoms with E-state index in [0.717, 1.165) is 37.9 Å². The summed E-state index contributed by atoms with van der Waals surface area (Å²) in [6.07, 6.45) is 7.44. The number of piperidine rings is 1. The van der Waals surface area contributed by atoms with E-state index in [0.29, 0.717) is 17.9 Å². The Kier molecular flexibility index (Phi) is 4.05. The maximum absolute atomic E-state index is 11.4. The maximum atomic E-state index is 11.4. The van der Waals surface area contributed by atoms with Crippen LogP contribution in [0.1, 0.15) is 37.7 Å². The van der Waals surface area contributed by atoms with Gasteiger partial charge in [-0.25, -0.2) is 4.98 Å². The van der Waals surface area contributed by atoms with Crippen LogP contribution in [0.4, 0.5) is 11.5 Å². The molecular formula is C15H22N4O2. The van der Waals surface area contributed by atoms with Gasteiger partial charge in [-0.1, -0.05) is 0 Å². The lowest BCUT2D eigenvalue weighted by atomic mass is 9.94. The van der Waals surface area contributed by atoms with Crippen LogP contribution in [-0.2, 0) is 0 Å². The Labute approximate surface area is 124 Å². The van der Waals surface area contributed by atoms with Crippen LogP contribution in [0.25, 0.3) is 0 Å². The van der Waals surface area contributed by atoms with Crippen molar-refractivity contribution < 1.29 is 4.92 Å². The molecule has 2 fully saturated rings. The minimum absolute atomic E-state index is 0.139. The van der Waals surface area contributed by atoms with E-state index in [1.165, 1.54) is 12.8 Å². The predicted octanol–water partition coefficient (Wildman–Crippen LogP) is 2.41. The van der Waals surface area contributed by atoms with Crippen molar-refractivity contribution in [3.8, 4) is 0 Å². The van der Waals surface area contributed by atoms with Crippen LogP contribution in [0.5, 0.6) is 0 Å². The zero-order valence-corrected chi connectivity index (χ0v) is 12.4. The van der Waals surface area contributed by atoms with E-state index >= 15 is 0 Å². The first-order valence-electron chi connectivity index (χ1n) is 7.78. The van der Waals surface area contributed by atoms with Crippen molar-refractivity contribution >= 4 is 11.5 Å². The number of nitrogens with zero attached hydrogens (tertiary/aromatic N) is 3. The highest BCUT2D eigenvalue weighted by atomic mass is 16.6. The van der Waals surface area contributed by atoms with Crippen molar-refractivity contribution in [2.24, 2.45) is 0 Å². The summed E-state index contributed by atoms with van der Waals surface area (Å²) in [5.74, 6) is 0.545. The third kappa shape index (κ3) is 2.85. The number of hydrogen-bond acceptors (Lipinski definition) is 5. The van der Waals surface area contributed by atoms with Gasteiger partial charge in [0.05, 0.1) is 4.92 Å². The highest BCUT2D eigenvalue weighted by Gasteiger charge is 2.35. The molecule has 1 aromatic rings. The molecule has 1 N–H and O–H groups in total. The van der Waals surface area contributed by atoms with Crippen molar-refractivity contribution in [2.45, 2.75) is 51.1 Å². The van der Waals surface area contributed by atoms with Gasteiger partial charge in [-0.15, -0.1) is 0 Å². The van der Waals surface area contributed by atoms with Gasteiger partial charge in [0.2, 0.25) is 5.82 Å². The Hall–Kier alpha value is -1.69. The molecule has 2 unspecified atom stereocenters. The largest absolute Gasteiger partial charge is 0.346 e. The van der Waals surface area contributed by atoms with Crippen molar-refractivity contribution in [3.05, 3.63) is 27.9 Å². The van der Waals surface area contributed by atoms with E-state index in [1.807, 2.05) is 6.92 Å². The number of hydrogen-bond donors (Lipinski definition) is 1. The molecule has 3 rings (SSSR count). The molecule has 2 saturated heterocycles. The van der Waals surface area contributed by atoms with Gasteiger partial charge >= 0.3 is 5.69 Å². The monoisotopic (exact) mass is 290 g/mol. The standard InChI is InChI=1S/C15H22N4O2/c1-11-9-14(19(20)21)15(17-10-11)18-8-3-2-6-13(18)12-5-4-7-16-12/h9-10,12-13,16H,2-8H2,1H3. The second kappa shape index (κ2) is 5.97. The highest BCUT2D eigenvalue weighted by molar-refractivity contribution is 5.59. The first-order valence-corrected chi connectivity index (χ1v) is 7.78. The highest BCUT2D eigenvalue weighted by Crippen LogP contribution is 2.33. The third-order valence-electron chi connectivity index (χ3n) is 4.56. The van der Waals surface area contributed by atoms with Gasteiger partial charge in [0.15, 0.2) is 0 Å². The van der Waals surface area contributed by atoms with E-state index in [9.17, 15) is 10.1 Å². The Morgan fingerprint density at radius 2 is 2.24 bits per heavy atom. The molecule has 0 saturated carbocycles. The van der Waals surface area contributed by atoms with Crippen molar-refractivity contribution in [3.63, 3.8) is 0 Å². The number of nitro groups is 1. The molecular weight excluding hydrogens is 268 g/mol. The number of nitrogens with one attached hydrogen (secondary N) is 1. The zero-order valence-electron chi connectivity index (χ0n) is 12.4. The molecule has 3 heterocycles. The summed E-state index contributed by atoms with van der Waals surface area (Å²) < 4.78 is 0. The quantitative estimate of drug-likeness (QED) is 0.683. The van der Waals surface area contributed by atoms with Crippen LogP contribution in [0.15, 0.2) is 12.3 Å². The Morgan fingerprint density at radius 1 is 1.38 bits per heavy atom. The van der Waals surface area contributed by atoms with Gasteiger partial charge in [-0.3, -0.25) is 10.1 Å². The molecule has 2 aliphatic rings. The lowest BCUT2D eigenvalue weighted by Gasteiger charge is -2.39. The van der Waals surface area contributed by atoms with Gasteiger partial charge < -0.3 is 10.2 Å². The Balaban J connectivity index is 1.94. The minimum Gasteiger partial charge on any atom is -0.346 e. The zero-order chi connectivity index (χ0) is 14.8. The fourth-order valence-electron chi connectivity index (χ4n) is 3.58. The third-order valence-corrected chi connectivity index (χ3v) is 4.56. The lowest BCUT2D eigenvalue weighted by molar-refractivity contribution is -0.384. The van der Waals surface area contributed by atoms with E-state index < -0.39 is 0 Å². The van der Waals surface area contributed by atoms with E-state index in [4.69, 9.17) is 0 Å². The number of rotatable bonds is 3. The molecule has 0 aromatic carbocycles. The molecule has 0 spiro atoms. The average Bonchev–Trinajstić information content (AvgIpc) is 3.01. The smallest absolute Gasteiger partial charge is 0.311 e. The van der Waals surface area contributed by atoms with Crippen molar-refractivity contribution in [1.82, 2.24) is 10.3 Å². The molecule has 0 bridgehead atoms. The molecule has 1 aromatic heterocycles. The van der Waals surface area contributed by atoms with E-state index in [1.54, 1.807) is 12.3 Å². The summed E-state index contributed by atoms with van der Waals surface area (Å²) in [7, 11) is 0.